The van der Waals surface area contributed by atoms with Gasteiger partial charge < -0.3 is 5.32 Å². The van der Waals surface area contributed by atoms with Gasteiger partial charge in [-0.25, -0.2) is 17.5 Å². The topological polar surface area (TPSA) is 88.2 Å². The fourth-order valence-electron chi connectivity index (χ4n) is 3.16. The molecule has 2 N–H and O–H groups in total. The molecule has 1 aliphatic carbocycles. The van der Waals surface area contributed by atoms with Gasteiger partial charge in [-0.2, -0.15) is 0 Å². The molecule has 0 saturated heterocycles. The van der Waals surface area contributed by atoms with E-state index in [0.717, 1.165) is 31.9 Å². The Kier molecular flexibility index (Phi) is 5.86. The molecule has 2 aromatic rings. The Hall–Kier alpha value is -2.32. The summed E-state index contributed by atoms with van der Waals surface area (Å²) >= 11 is 0. The average Bonchev–Trinajstić information content (AvgIpc) is 3.14. The van der Waals surface area contributed by atoms with Crippen molar-refractivity contribution in [1.82, 2.24) is 15.0 Å². The molecule has 3 rings (SSSR count). The molecule has 144 valence electrons. The third-order valence-electron chi connectivity index (χ3n) is 4.66. The Morgan fingerprint density at radius 3 is 2.67 bits per heavy atom. The van der Waals surface area contributed by atoms with Gasteiger partial charge in [-0.1, -0.05) is 18.9 Å². The fourth-order valence-corrected chi connectivity index (χ4v) is 4.51. The molecule has 1 amide bonds. The van der Waals surface area contributed by atoms with Gasteiger partial charge in [0.25, 0.3) is 5.91 Å². The first kappa shape index (κ1) is 19.4. The maximum atomic E-state index is 13.3. The Morgan fingerprint density at radius 2 is 1.96 bits per heavy atom. The number of carbonyl (C=O) groups is 1. The largest absolute Gasteiger partial charge is 0.345 e. The van der Waals surface area contributed by atoms with Gasteiger partial charge in [0, 0.05) is 17.8 Å². The van der Waals surface area contributed by atoms with Crippen LogP contribution in [0.3, 0.4) is 0 Å². The first-order valence-electron chi connectivity index (χ1n) is 8.89. The molecule has 0 aliphatic heterocycles. The van der Waals surface area contributed by atoms with Gasteiger partial charge in [0.05, 0.1) is 17.1 Å². The van der Waals surface area contributed by atoms with Crippen LogP contribution in [0.15, 0.2) is 47.6 Å². The van der Waals surface area contributed by atoms with E-state index in [1.807, 2.05) is 0 Å². The van der Waals surface area contributed by atoms with Crippen LogP contribution in [0.25, 0.3) is 0 Å². The molecule has 1 aliphatic rings. The molecule has 0 spiro atoms. The molecule has 8 heteroatoms. The fraction of sp³-hybridized carbons (Fsp3) is 0.368. The lowest BCUT2D eigenvalue weighted by Gasteiger charge is -2.15. The normalized spacial score (nSPS) is 16.2. The highest BCUT2D eigenvalue weighted by atomic mass is 32.2. The summed E-state index contributed by atoms with van der Waals surface area (Å²) in [6.45, 7) is 1.70. The second-order valence-corrected chi connectivity index (χ2v) is 8.48. The number of nitrogens with one attached hydrogen (secondary N) is 2. The van der Waals surface area contributed by atoms with E-state index in [4.69, 9.17) is 0 Å². The molecule has 1 heterocycles. The number of carbonyl (C=O) groups excluding carboxylic acids is 1. The van der Waals surface area contributed by atoms with Gasteiger partial charge in [-0.15, -0.1) is 0 Å². The number of hydrogen-bond acceptors (Lipinski definition) is 4. The molecule has 0 bridgehead atoms. The predicted octanol–water partition coefficient (Wildman–Crippen LogP) is 2.93. The number of amides is 1. The summed E-state index contributed by atoms with van der Waals surface area (Å²) in [6.07, 6.45) is 6.26. The van der Waals surface area contributed by atoms with Crippen molar-refractivity contribution in [3.63, 3.8) is 0 Å². The Bertz CT molecular complexity index is 927. The van der Waals surface area contributed by atoms with Crippen molar-refractivity contribution in [2.45, 2.75) is 49.6 Å². The maximum Gasteiger partial charge on any atom is 0.251 e. The monoisotopic (exact) mass is 391 g/mol. The molecular weight excluding hydrogens is 369 g/mol. The van der Waals surface area contributed by atoms with Crippen LogP contribution in [0.4, 0.5) is 4.39 Å². The van der Waals surface area contributed by atoms with Crippen LogP contribution in [0.2, 0.25) is 0 Å². The highest BCUT2D eigenvalue weighted by Gasteiger charge is 2.23. The van der Waals surface area contributed by atoms with Crippen molar-refractivity contribution in [3.8, 4) is 0 Å². The number of sulfonamides is 1. The SMILES string of the molecule is CC(NC(=O)c1cccc(S(=O)(=O)NC2CCCC2)c1)c1cncc(F)c1. The zero-order chi connectivity index (χ0) is 19.4. The van der Waals surface area contributed by atoms with Gasteiger partial charge in [0.15, 0.2) is 0 Å². The van der Waals surface area contributed by atoms with Crippen LogP contribution >= 0.6 is 0 Å². The Balaban J connectivity index is 1.73. The van der Waals surface area contributed by atoms with Crippen molar-refractivity contribution >= 4 is 15.9 Å². The minimum Gasteiger partial charge on any atom is -0.345 e. The second-order valence-electron chi connectivity index (χ2n) is 6.76. The molecule has 6 nitrogen and oxygen atoms in total. The van der Waals surface area contributed by atoms with Crippen LogP contribution in [0.5, 0.6) is 0 Å². The van der Waals surface area contributed by atoms with Crippen LogP contribution in [0, 0.1) is 5.82 Å². The summed E-state index contributed by atoms with van der Waals surface area (Å²) in [4.78, 5) is 16.3. The summed E-state index contributed by atoms with van der Waals surface area (Å²) in [5.41, 5.74) is 0.746. The number of halogens is 1. The quantitative estimate of drug-likeness (QED) is 0.792. The highest BCUT2D eigenvalue weighted by molar-refractivity contribution is 7.89. The minimum atomic E-state index is -3.68. The first-order chi connectivity index (χ1) is 12.8. The van der Waals surface area contributed by atoms with Crippen LogP contribution in [0.1, 0.15) is 54.6 Å². The summed E-state index contributed by atoms with van der Waals surface area (Å²) in [5, 5.41) is 2.73. The number of pyridine rings is 1. The van der Waals surface area contributed by atoms with E-state index < -0.39 is 27.8 Å². The number of hydrogen-bond donors (Lipinski definition) is 2. The summed E-state index contributed by atoms with van der Waals surface area (Å²) in [6, 6.07) is 6.67. The standard InChI is InChI=1S/C19H22FN3O3S/c1-13(15-9-16(20)12-21-11-15)22-19(24)14-5-4-8-18(10-14)27(25,26)23-17-6-2-3-7-17/h4-5,8-13,17,23H,2-3,6-7H2,1H3,(H,22,24). The van der Waals surface area contributed by atoms with Crippen molar-refractivity contribution in [2.24, 2.45) is 0 Å². The average molecular weight is 391 g/mol. The van der Waals surface area contributed by atoms with E-state index in [1.165, 1.54) is 30.5 Å². The van der Waals surface area contributed by atoms with Gasteiger partial charge in [-0.05, 0) is 49.6 Å². The van der Waals surface area contributed by atoms with E-state index in [1.54, 1.807) is 13.0 Å². The molecule has 27 heavy (non-hydrogen) atoms. The third-order valence-corrected chi connectivity index (χ3v) is 6.18. The number of rotatable bonds is 6. The zero-order valence-corrected chi connectivity index (χ0v) is 15.8. The van der Waals surface area contributed by atoms with Crippen LogP contribution in [-0.2, 0) is 10.0 Å². The third kappa shape index (κ3) is 4.90. The minimum absolute atomic E-state index is 0.0482. The lowest BCUT2D eigenvalue weighted by atomic mass is 10.1. The number of benzene rings is 1. The van der Waals surface area contributed by atoms with Gasteiger partial charge in [0.1, 0.15) is 5.82 Å². The summed E-state index contributed by atoms with van der Waals surface area (Å²) < 4.78 is 41.1. The first-order valence-corrected chi connectivity index (χ1v) is 10.4. The van der Waals surface area contributed by atoms with Crippen molar-refractivity contribution < 1.29 is 17.6 Å². The van der Waals surface area contributed by atoms with Crippen LogP contribution < -0.4 is 10.0 Å². The number of aromatic nitrogens is 1. The lowest BCUT2D eigenvalue weighted by Crippen LogP contribution is -2.33. The van der Waals surface area contributed by atoms with Gasteiger partial charge in [-0.3, -0.25) is 9.78 Å². The van der Waals surface area contributed by atoms with Crippen molar-refractivity contribution in [2.75, 3.05) is 0 Å². The molecule has 1 aromatic carbocycles. The summed E-state index contributed by atoms with van der Waals surface area (Å²) in [5.74, 6) is -0.927. The molecular formula is C19H22FN3O3S. The Labute approximate surface area is 158 Å². The molecule has 1 saturated carbocycles. The van der Waals surface area contributed by atoms with Crippen LogP contribution in [-0.4, -0.2) is 25.4 Å². The molecule has 0 radical (unpaired) electrons. The highest BCUT2D eigenvalue weighted by Crippen LogP contribution is 2.21. The zero-order valence-electron chi connectivity index (χ0n) is 15.0. The van der Waals surface area contributed by atoms with Crippen molar-refractivity contribution in [3.05, 3.63) is 59.7 Å². The van der Waals surface area contributed by atoms with Crippen molar-refractivity contribution in [1.29, 1.82) is 0 Å². The van der Waals surface area contributed by atoms with E-state index in [2.05, 4.69) is 15.0 Å². The molecule has 1 unspecified atom stereocenters. The van der Waals surface area contributed by atoms with Gasteiger partial charge >= 0.3 is 0 Å². The smallest absolute Gasteiger partial charge is 0.251 e. The van der Waals surface area contributed by atoms with E-state index in [9.17, 15) is 17.6 Å². The Morgan fingerprint density at radius 1 is 1.22 bits per heavy atom. The number of nitrogens with zero attached hydrogens (tertiary/aromatic N) is 1. The molecule has 1 fully saturated rings. The lowest BCUT2D eigenvalue weighted by molar-refractivity contribution is 0.0939. The molecule has 1 atom stereocenters. The van der Waals surface area contributed by atoms with Gasteiger partial charge in [0.2, 0.25) is 10.0 Å². The van der Waals surface area contributed by atoms with E-state index >= 15 is 0 Å². The van der Waals surface area contributed by atoms with E-state index in [0.29, 0.717) is 5.56 Å². The van der Waals surface area contributed by atoms with E-state index in [-0.39, 0.29) is 16.5 Å². The predicted molar refractivity (Wildman–Crippen MR) is 99.1 cm³/mol. The summed E-state index contributed by atoms with van der Waals surface area (Å²) in [7, 11) is -3.68. The maximum absolute atomic E-state index is 13.3. The second kappa shape index (κ2) is 8.14. The molecule has 1 aromatic heterocycles.